The minimum absolute atomic E-state index is 0.176. The predicted octanol–water partition coefficient (Wildman–Crippen LogP) is 1.19. The molecule has 3 N–H and O–H groups in total. The molecule has 0 amide bonds. The molecule has 0 aliphatic heterocycles. The van der Waals surface area contributed by atoms with E-state index in [1.54, 1.807) is 18.2 Å². The normalized spacial score (nSPS) is 13.6. The van der Waals surface area contributed by atoms with Gasteiger partial charge in [-0.3, -0.25) is 4.79 Å². The summed E-state index contributed by atoms with van der Waals surface area (Å²) in [5.74, 6) is 0.101. The Kier molecular flexibility index (Phi) is 6.27. The van der Waals surface area contributed by atoms with Crippen LogP contribution in [-0.2, 0) is 4.79 Å². The van der Waals surface area contributed by atoms with Crippen LogP contribution in [0.1, 0.15) is 25.0 Å². The summed E-state index contributed by atoms with van der Waals surface area (Å²) >= 11 is 0. The van der Waals surface area contributed by atoms with Gasteiger partial charge in [-0.15, -0.1) is 0 Å². The fraction of sp³-hybridized carbons (Fsp3) is 0.500. The van der Waals surface area contributed by atoms with Crippen molar-refractivity contribution in [2.45, 2.75) is 25.5 Å². The van der Waals surface area contributed by atoms with Gasteiger partial charge in [0.2, 0.25) is 0 Å². The van der Waals surface area contributed by atoms with E-state index >= 15 is 0 Å². The number of aliphatic hydroxyl groups is 1. The first-order valence-electron chi connectivity index (χ1n) is 6.38. The maximum atomic E-state index is 10.9. The molecule has 0 radical (unpaired) electrons. The van der Waals surface area contributed by atoms with Gasteiger partial charge >= 0.3 is 5.97 Å². The van der Waals surface area contributed by atoms with E-state index in [0.29, 0.717) is 23.6 Å². The van der Waals surface area contributed by atoms with Crippen LogP contribution in [0, 0.1) is 0 Å². The van der Waals surface area contributed by atoms with Crippen LogP contribution in [0.2, 0.25) is 0 Å². The van der Waals surface area contributed by atoms with Gasteiger partial charge in [0, 0.05) is 17.7 Å². The average Bonchev–Trinajstić information content (AvgIpc) is 2.44. The Bertz CT molecular complexity index is 449. The molecule has 2 atom stereocenters. The molecule has 0 fully saturated rings. The second-order valence-electron chi connectivity index (χ2n) is 4.31. The Morgan fingerprint density at radius 2 is 2.05 bits per heavy atom. The SMILES string of the molecule is CCNC(CC(=O)O)C(O)c1ccc(OC)cc1OC. The number of benzene rings is 1. The first-order chi connectivity index (χ1) is 9.53. The highest BCUT2D eigenvalue weighted by Crippen LogP contribution is 2.31. The highest BCUT2D eigenvalue weighted by atomic mass is 16.5. The molecule has 1 aromatic rings. The second kappa shape index (κ2) is 7.72. The molecule has 2 unspecified atom stereocenters. The number of nitrogens with one attached hydrogen (secondary N) is 1. The van der Waals surface area contributed by atoms with Crippen LogP contribution in [0.25, 0.3) is 0 Å². The molecule has 0 aromatic heterocycles. The molecule has 0 saturated heterocycles. The Morgan fingerprint density at radius 3 is 2.55 bits per heavy atom. The molecular formula is C14H21NO5. The maximum absolute atomic E-state index is 10.9. The number of likely N-dealkylation sites (N-methyl/N-ethyl adjacent to an activating group) is 1. The molecule has 0 heterocycles. The minimum Gasteiger partial charge on any atom is -0.497 e. The standard InChI is InChI=1S/C14H21NO5/c1-4-15-11(8-13(16)17)14(18)10-6-5-9(19-2)7-12(10)20-3/h5-7,11,14-15,18H,4,8H2,1-3H3,(H,16,17). The number of ether oxygens (including phenoxy) is 2. The lowest BCUT2D eigenvalue weighted by Gasteiger charge is -2.24. The first-order valence-corrected chi connectivity index (χ1v) is 6.38. The van der Waals surface area contributed by atoms with Gasteiger partial charge in [-0.2, -0.15) is 0 Å². The van der Waals surface area contributed by atoms with Gasteiger partial charge in [-0.05, 0) is 18.7 Å². The lowest BCUT2D eigenvalue weighted by Crippen LogP contribution is -2.37. The number of hydrogen-bond acceptors (Lipinski definition) is 5. The summed E-state index contributed by atoms with van der Waals surface area (Å²) in [6.07, 6.45) is -1.16. The molecule has 6 nitrogen and oxygen atoms in total. The fourth-order valence-corrected chi connectivity index (χ4v) is 2.03. The van der Waals surface area contributed by atoms with Crippen LogP contribution in [0.4, 0.5) is 0 Å². The van der Waals surface area contributed by atoms with Crippen molar-refractivity contribution in [3.63, 3.8) is 0 Å². The van der Waals surface area contributed by atoms with Crippen molar-refractivity contribution < 1.29 is 24.5 Å². The number of aliphatic hydroxyl groups excluding tert-OH is 1. The summed E-state index contributed by atoms with van der Waals surface area (Å²) in [5.41, 5.74) is 0.528. The molecule has 0 aliphatic carbocycles. The molecule has 112 valence electrons. The van der Waals surface area contributed by atoms with Crippen LogP contribution >= 0.6 is 0 Å². The van der Waals surface area contributed by atoms with Gasteiger partial charge in [-0.1, -0.05) is 6.92 Å². The third-order valence-electron chi connectivity index (χ3n) is 3.00. The van der Waals surface area contributed by atoms with Crippen molar-refractivity contribution in [3.05, 3.63) is 23.8 Å². The van der Waals surface area contributed by atoms with Crippen LogP contribution in [0.3, 0.4) is 0 Å². The van der Waals surface area contributed by atoms with Gasteiger partial charge in [0.05, 0.1) is 26.7 Å². The van der Waals surface area contributed by atoms with E-state index in [-0.39, 0.29) is 6.42 Å². The minimum atomic E-state index is -0.980. The van der Waals surface area contributed by atoms with Crippen LogP contribution in [0.5, 0.6) is 11.5 Å². The zero-order chi connectivity index (χ0) is 15.1. The number of hydrogen-bond donors (Lipinski definition) is 3. The number of aliphatic carboxylic acids is 1. The van der Waals surface area contributed by atoms with Crippen molar-refractivity contribution in [1.29, 1.82) is 0 Å². The molecule has 0 spiro atoms. The highest BCUT2D eigenvalue weighted by molar-refractivity contribution is 5.67. The van der Waals surface area contributed by atoms with Crippen LogP contribution in [-0.4, -0.2) is 43.0 Å². The van der Waals surface area contributed by atoms with E-state index in [0.717, 1.165) is 0 Å². The highest BCUT2D eigenvalue weighted by Gasteiger charge is 2.25. The number of methoxy groups -OCH3 is 2. The Hall–Kier alpha value is -1.79. The molecule has 0 saturated carbocycles. The summed E-state index contributed by atoms with van der Waals surface area (Å²) in [6, 6.07) is 4.45. The smallest absolute Gasteiger partial charge is 0.305 e. The summed E-state index contributed by atoms with van der Waals surface area (Å²) in [4.78, 5) is 10.9. The van der Waals surface area contributed by atoms with Crippen molar-refractivity contribution in [3.8, 4) is 11.5 Å². The van der Waals surface area contributed by atoms with E-state index in [4.69, 9.17) is 14.6 Å². The van der Waals surface area contributed by atoms with Crippen molar-refractivity contribution in [2.24, 2.45) is 0 Å². The third kappa shape index (κ3) is 4.11. The maximum Gasteiger partial charge on any atom is 0.305 e. The predicted molar refractivity (Wildman–Crippen MR) is 74.2 cm³/mol. The molecule has 20 heavy (non-hydrogen) atoms. The lowest BCUT2D eigenvalue weighted by atomic mass is 9.98. The zero-order valence-electron chi connectivity index (χ0n) is 11.9. The molecular weight excluding hydrogens is 262 g/mol. The van der Waals surface area contributed by atoms with Crippen molar-refractivity contribution >= 4 is 5.97 Å². The van der Waals surface area contributed by atoms with Crippen molar-refractivity contribution in [2.75, 3.05) is 20.8 Å². The quantitative estimate of drug-likeness (QED) is 0.664. The Balaban J connectivity index is 3.03. The first kappa shape index (κ1) is 16.3. The van der Waals surface area contributed by atoms with Gasteiger partial charge in [-0.25, -0.2) is 0 Å². The Labute approximate surface area is 118 Å². The average molecular weight is 283 g/mol. The van der Waals surface area contributed by atoms with E-state index in [1.807, 2.05) is 6.92 Å². The van der Waals surface area contributed by atoms with E-state index in [9.17, 15) is 9.90 Å². The molecule has 6 heteroatoms. The van der Waals surface area contributed by atoms with E-state index < -0.39 is 18.1 Å². The zero-order valence-corrected chi connectivity index (χ0v) is 11.9. The second-order valence-corrected chi connectivity index (χ2v) is 4.31. The number of rotatable bonds is 8. The third-order valence-corrected chi connectivity index (χ3v) is 3.00. The summed E-state index contributed by atoms with van der Waals surface area (Å²) < 4.78 is 10.3. The number of carboxylic acid groups (broad SMARTS) is 1. The summed E-state index contributed by atoms with van der Waals surface area (Å²) in [5, 5.41) is 22.3. The van der Waals surface area contributed by atoms with Gasteiger partial charge in [0.1, 0.15) is 11.5 Å². The van der Waals surface area contributed by atoms with E-state index in [1.165, 1.54) is 14.2 Å². The van der Waals surface area contributed by atoms with Gasteiger partial charge in [0.15, 0.2) is 0 Å². The number of carboxylic acids is 1. The Morgan fingerprint density at radius 1 is 1.35 bits per heavy atom. The van der Waals surface area contributed by atoms with Gasteiger partial charge < -0.3 is 25.0 Å². The summed E-state index contributed by atoms with van der Waals surface area (Å²) in [7, 11) is 3.03. The van der Waals surface area contributed by atoms with Gasteiger partial charge in [0.25, 0.3) is 0 Å². The molecule has 0 aliphatic rings. The summed E-state index contributed by atoms with van der Waals surface area (Å²) in [6.45, 7) is 2.42. The fourth-order valence-electron chi connectivity index (χ4n) is 2.03. The lowest BCUT2D eigenvalue weighted by molar-refractivity contribution is -0.138. The van der Waals surface area contributed by atoms with Crippen LogP contribution in [0.15, 0.2) is 18.2 Å². The molecule has 1 aromatic carbocycles. The largest absolute Gasteiger partial charge is 0.497 e. The molecule has 0 bridgehead atoms. The molecule has 1 rings (SSSR count). The monoisotopic (exact) mass is 283 g/mol. The topological polar surface area (TPSA) is 88.0 Å². The number of carbonyl (C=O) groups is 1. The van der Waals surface area contributed by atoms with E-state index in [2.05, 4.69) is 5.32 Å². The van der Waals surface area contributed by atoms with Crippen molar-refractivity contribution in [1.82, 2.24) is 5.32 Å². The van der Waals surface area contributed by atoms with Crippen LogP contribution < -0.4 is 14.8 Å².